The van der Waals surface area contributed by atoms with Gasteiger partial charge in [-0.25, -0.2) is 0 Å². The summed E-state index contributed by atoms with van der Waals surface area (Å²) in [4.78, 5) is 0. The lowest BCUT2D eigenvalue weighted by Gasteiger charge is -2.00. The van der Waals surface area contributed by atoms with E-state index >= 15 is 0 Å². The normalized spacial score (nSPS) is 13.4. The Morgan fingerprint density at radius 2 is 2.20 bits per heavy atom. The molecule has 0 fully saturated rings. The van der Waals surface area contributed by atoms with E-state index in [2.05, 4.69) is 5.32 Å². The van der Waals surface area contributed by atoms with Gasteiger partial charge in [-0.2, -0.15) is 0 Å². The van der Waals surface area contributed by atoms with Gasteiger partial charge in [-0.1, -0.05) is 0 Å². The molecule has 10 heavy (non-hydrogen) atoms. The van der Waals surface area contributed by atoms with Crippen LogP contribution in [-0.4, -0.2) is 43.0 Å². The van der Waals surface area contributed by atoms with Gasteiger partial charge in [-0.3, -0.25) is 4.21 Å². The predicted molar refractivity (Wildman–Crippen MR) is 43.7 cm³/mol. The molecule has 0 aliphatic carbocycles. The Morgan fingerprint density at radius 3 is 2.70 bits per heavy atom. The van der Waals surface area contributed by atoms with E-state index in [9.17, 15) is 4.21 Å². The van der Waals surface area contributed by atoms with Crippen molar-refractivity contribution in [1.29, 1.82) is 0 Å². The van der Waals surface area contributed by atoms with Gasteiger partial charge in [0.1, 0.15) is 0 Å². The topological polar surface area (TPSA) is 38.3 Å². The van der Waals surface area contributed by atoms with E-state index in [-0.39, 0.29) is 0 Å². The van der Waals surface area contributed by atoms with Crippen LogP contribution >= 0.6 is 0 Å². The minimum atomic E-state index is -0.674. The van der Waals surface area contributed by atoms with Gasteiger partial charge >= 0.3 is 0 Å². The van der Waals surface area contributed by atoms with Gasteiger partial charge < -0.3 is 10.1 Å². The lowest BCUT2D eigenvalue weighted by Crippen LogP contribution is -2.23. The summed E-state index contributed by atoms with van der Waals surface area (Å²) in [5, 5.41) is 3.10. The van der Waals surface area contributed by atoms with Crippen molar-refractivity contribution in [3.8, 4) is 0 Å². The average molecular weight is 165 g/mol. The Balaban J connectivity index is 2.84. The SMILES string of the molecule is COCCNCCS(C)=O. The summed E-state index contributed by atoms with van der Waals surface area (Å²) < 4.78 is 15.3. The van der Waals surface area contributed by atoms with E-state index in [1.807, 2.05) is 0 Å². The molecule has 0 amide bonds. The molecule has 3 nitrogen and oxygen atoms in total. The van der Waals surface area contributed by atoms with Crippen LogP contribution in [0.3, 0.4) is 0 Å². The first kappa shape index (κ1) is 10.1. The molecule has 0 aliphatic heterocycles. The molecule has 1 unspecified atom stereocenters. The molecule has 0 spiro atoms. The number of methoxy groups -OCH3 is 1. The third-order valence-electron chi connectivity index (χ3n) is 1.05. The second-order valence-corrected chi connectivity index (χ2v) is 3.57. The number of rotatable bonds is 6. The van der Waals surface area contributed by atoms with Crippen LogP contribution in [0.2, 0.25) is 0 Å². The van der Waals surface area contributed by atoms with E-state index in [4.69, 9.17) is 4.74 Å². The fraction of sp³-hybridized carbons (Fsp3) is 1.00. The van der Waals surface area contributed by atoms with Crippen LogP contribution in [0.1, 0.15) is 0 Å². The third kappa shape index (κ3) is 8.07. The first-order valence-corrected chi connectivity index (χ1v) is 4.99. The van der Waals surface area contributed by atoms with Crippen LogP contribution in [0.4, 0.5) is 0 Å². The van der Waals surface area contributed by atoms with Gasteiger partial charge in [0.15, 0.2) is 0 Å². The zero-order valence-corrected chi connectivity index (χ0v) is 7.37. The number of hydrogen-bond donors (Lipinski definition) is 1. The summed E-state index contributed by atoms with van der Waals surface area (Å²) in [5.41, 5.74) is 0. The van der Waals surface area contributed by atoms with Gasteiger partial charge in [-0.05, 0) is 0 Å². The van der Waals surface area contributed by atoms with Crippen molar-refractivity contribution in [2.45, 2.75) is 0 Å². The molecule has 0 aromatic carbocycles. The maximum Gasteiger partial charge on any atom is 0.0587 e. The summed E-state index contributed by atoms with van der Waals surface area (Å²) >= 11 is 0. The monoisotopic (exact) mass is 165 g/mol. The molecule has 0 heterocycles. The van der Waals surface area contributed by atoms with Crippen molar-refractivity contribution in [2.75, 3.05) is 38.8 Å². The minimum Gasteiger partial charge on any atom is -0.383 e. The maximum atomic E-state index is 10.5. The van der Waals surface area contributed by atoms with Crippen LogP contribution in [0.15, 0.2) is 0 Å². The standard InChI is InChI=1S/C6H15NO2S/c1-9-5-3-7-4-6-10(2)8/h7H,3-6H2,1-2H3. The zero-order chi connectivity index (χ0) is 7.82. The molecule has 62 valence electrons. The second kappa shape index (κ2) is 7.18. The molecule has 1 atom stereocenters. The number of hydrogen-bond acceptors (Lipinski definition) is 3. The van der Waals surface area contributed by atoms with Crippen molar-refractivity contribution in [2.24, 2.45) is 0 Å². The van der Waals surface area contributed by atoms with E-state index in [1.54, 1.807) is 13.4 Å². The summed E-state index contributed by atoms with van der Waals surface area (Å²) in [5.74, 6) is 0.726. The Hall–Kier alpha value is 0.0700. The molecule has 0 aliphatic rings. The van der Waals surface area contributed by atoms with Crippen LogP contribution in [0.25, 0.3) is 0 Å². The quantitative estimate of drug-likeness (QED) is 0.544. The molecule has 0 aromatic heterocycles. The molecule has 4 heteroatoms. The highest BCUT2D eigenvalue weighted by Crippen LogP contribution is 1.71. The first-order valence-electron chi connectivity index (χ1n) is 3.27. The Morgan fingerprint density at radius 1 is 1.50 bits per heavy atom. The molecule has 0 radical (unpaired) electrons. The highest BCUT2D eigenvalue weighted by molar-refractivity contribution is 7.84. The van der Waals surface area contributed by atoms with Crippen molar-refractivity contribution in [3.63, 3.8) is 0 Å². The first-order chi connectivity index (χ1) is 4.77. The van der Waals surface area contributed by atoms with Crippen molar-refractivity contribution in [3.05, 3.63) is 0 Å². The van der Waals surface area contributed by atoms with Crippen LogP contribution < -0.4 is 5.32 Å². The summed E-state index contributed by atoms with van der Waals surface area (Å²) in [6.45, 7) is 2.37. The molecule has 1 N–H and O–H groups in total. The molecule has 0 saturated heterocycles. The largest absolute Gasteiger partial charge is 0.383 e. The van der Waals surface area contributed by atoms with Gasteiger partial charge in [0.05, 0.1) is 6.61 Å². The fourth-order valence-corrected chi connectivity index (χ4v) is 0.947. The second-order valence-electron chi connectivity index (χ2n) is 2.02. The van der Waals surface area contributed by atoms with Crippen LogP contribution in [0.5, 0.6) is 0 Å². The molecule has 0 rings (SSSR count). The molecule has 0 aromatic rings. The van der Waals surface area contributed by atoms with Gasteiger partial charge in [0.2, 0.25) is 0 Å². The lowest BCUT2D eigenvalue weighted by molar-refractivity contribution is 0.200. The summed E-state index contributed by atoms with van der Waals surface area (Å²) in [6.07, 6.45) is 1.71. The van der Waals surface area contributed by atoms with E-state index in [0.29, 0.717) is 0 Å². The third-order valence-corrected chi connectivity index (χ3v) is 1.83. The number of nitrogens with one attached hydrogen (secondary N) is 1. The van der Waals surface area contributed by atoms with Gasteiger partial charge in [-0.15, -0.1) is 0 Å². The van der Waals surface area contributed by atoms with Gasteiger partial charge in [0.25, 0.3) is 0 Å². The van der Waals surface area contributed by atoms with Crippen LogP contribution in [0, 0.1) is 0 Å². The zero-order valence-electron chi connectivity index (χ0n) is 6.55. The molecular weight excluding hydrogens is 150 g/mol. The molecular formula is C6H15NO2S. The van der Waals surface area contributed by atoms with E-state index in [0.717, 1.165) is 25.4 Å². The highest BCUT2D eigenvalue weighted by Gasteiger charge is 1.89. The molecule has 0 bridgehead atoms. The molecule has 0 saturated carbocycles. The highest BCUT2D eigenvalue weighted by atomic mass is 32.2. The average Bonchev–Trinajstić information content (AvgIpc) is 1.87. The van der Waals surface area contributed by atoms with Crippen molar-refractivity contribution in [1.82, 2.24) is 5.32 Å². The Bertz CT molecular complexity index is 97.7. The smallest absolute Gasteiger partial charge is 0.0587 e. The maximum absolute atomic E-state index is 10.5. The summed E-state index contributed by atoms with van der Waals surface area (Å²) in [6, 6.07) is 0. The Labute approximate surface area is 64.6 Å². The van der Waals surface area contributed by atoms with E-state index < -0.39 is 10.8 Å². The van der Waals surface area contributed by atoms with E-state index in [1.165, 1.54) is 0 Å². The Kier molecular flexibility index (Phi) is 7.23. The lowest BCUT2D eigenvalue weighted by atomic mass is 10.6. The minimum absolute atomic E-state index is 0.674. The number of ether oxygens (including phenoxy) is 1. The fourth-order valence-electron chi connectivity index (χ4n) is 0.515. The predicted octanol–water partition coefficient (Wildman–Crippen LogP) is -0.399. The van der Waals surface area contributed by atoms with Crippen LogP contribution in [-0.2, 0) is 15.5 Å². The summed E-state index contributed by atoms with van der Waals surface area (Å²) in [7, 11) is 0.992. The van der Waals surface area contributed by atoms with Gasteiger partial charge in [0, 0.05) is 43.0 Å². The van der Waals surface area contributed by atoms with Crippen molar-refractivity contribution >= 4 is 10.8 Å². The van der Waals surface area contributed by atoms with Crippen molar-refractivity contribution < 1.29 is 8.95 Å².